The summed E-state index contributed by atoms with van der Waals surface area (Å²) in [6, 6.07) is 11.5. The summed E-state index contributed by atoms with van der Waals surface area (Å²) in [4.78, 5) is 20.7. The lowest BCUT2D eigenvalue weighted by Gasteiger charge is -2.14. The molecule has 0 spiro atoms. The number of anilines is 1. The molecule has 0 aliphatic rings. The highest BCUT2D eigenvalue weighted by Gasteiger charge is 2.22. The summed E-state index contributed by atoms with van der Waals surface area (Å²) in [5, 5.41) is 2.80. The molecule has 0 aliphatic carbocycles. The summed E-state index contributed by atoms with van der Waals surface area (Å²) in [5.74, 6) is 0.0978. The lowest BCUT2D eigenvalue weighted by molar-refractivity contribution is 0.102. The summed E-state index contributed by atoms with van der Waals surface area (Å²) in [6.07, 6.45) is 3.15. The minimum Gasteiger partial charge on any atom is -0.424 e. The van der Waals surface area contributed by atoms with E-state index in [1.54, 1.807) is 42.7 Å². The molecule has 10 heteroatoms. The maximum absolute atomic E-state index is 12.7. The molecule has 1 aromatic heterocycles. The molecule has 0 aliphatic heterocycles. The van der Waals surface area contributed by atoms with Crippen LogP contribution in [0.4, 0.5) is 5.69 Å². The highest BCUT2D eigenvalue weighted by atomic mass is 79.9. The molecular formula is C20H19BrN4O4S. The summed E-state index contributed by atoms with van der Waals surface area (Å²) >= 11 is 3.24. The Morgan fingerprint density at radius 2 is 1.80 bits per heavy atom. The summed E-state index contributed by atoms with van der Waals surface area (Å²) in [6.45, 7) is 1.82. The monoisotopic (exact) mass is 490 g/mol. The van der Waals surface area contributed by atoms with Gasteiger partial charge in [-0.25, -0.2) is 22.7 Å². The van der Waals surface area contributed by atoms with Crippen molar-refractivity contribution in [3.63, 3.8) is 0 Å². The first-order chi connectivity index (χ1) is 14.2. The van der Waals surface area contributed by atoms with E-state index in [4.69, 9.17) is 4.74 Å². The Balaban J connectivity index is 1.81. The number of ether oxygens (including phenoxy) is 1. The minimum atomic E-state index is -3.70. The SMILES string of the molecule is Cc1cc(Oc2ncccn2)ccc1NC(=O)c1ccc(Br)c(S(=O)(=O)N(C)C)c1. The van der Waals surface area contributed by atoms with Crippen molar-refractivity contribution in [2.45, 2.75) is 11.8 Å². The van der Waals surface area contributed by atoms with Gasteiger partial charge in [0, 0.05) is 42.2 Å². The van der Waals surface area contributed by atoms with Crippen LogP contribution in [0.2, 0.25) is 0 Å². The first-order valence-electron chi connectivity index (χ1n) is 8.77. The van der Waals surface area contributed by atoms with Gasteiger partial charge in [0.05, 0.1) is 4.90 Å². The number of sulfonamides is 1. The molecule has 0 atom stereocenters. The molecule has 0 radical (unpaired) electrons. The van der Waals surface area contributed by atoms with Crippen LogP contribution >= 0.6 is 15.9 Å². The third-order valence-electron chi connectivity index (χ3n) is 4.15. The van der Waals surface area contributed by atoms with Gasteiger partial charge < -0.3 is 10.1 Å². The molecule has 0 fully saturated rings. The van der Waals surface area contributed by atoms with E-state index in [9.17, 15) is 13.2 Å². The van der Waals surface area contributed by atoms with Crippen LogP contribution in [0, 0.1) is 6.92 Å². The molecule has 30 heavy (non-hydrogen) atoms. The number of carbonyl (C=O) groups is 1. The molecule has 2 aromatic carbocycles. The lowest BCUT2D eigenvalue weighted by Crippen LogP contribution is -2.23. The number of halogens is 1. The Morgan fingerprint density at radius 3 is 2.43 bits per heavy atom. The van der Waals surface area contributed by atoms with Crippen LogP contribution in [0.15, 0.2) is 64.2 Å². The molecular weight excluding hydrogens is 472 g/mol. The second-order valence-electron chi connectivity index (χ2n) is 6.50. The second kappa shape index (κ2) is 8.90. The zero-order valence-electron chi connectivity index (χ0n) is 16.5. The Morgan fingerprint density at radius 1 is 1.10 bits per heavy atom. The van der Waals surface area contributed by atoms with Gasteiger partial charge >= 0.3 is 6.01 Å². The Labute approximate surface area is 183 Å². The fraction of sp³-hybridized carbons (Fsp3) is 0.150. The maximum Gasteiger partial charge on any atom is 0.321 e. The summed E-state index contributed by atoms with van der Waals surface area (Å²) in [5.41, 5.74) is 1.55. The van der Waals surface area contributed by atoms with E-state index in [0.717, 1.165) is 9.87 Å². The normalized spacial score (nSPS) is 11.4. The van der Waals surface area contributed by atoms with Gasteiger partial charge in [0.15, 0.2) is 0 Å². The van der Waals surface area contributed by atoms with Gasteiger partial charge in [-0.05, 0) is 70.9 Å². The van der Waals surface area contributed by atoms with Crippen LogP contribution in [-0.4, -0.2) is 42.7 Å². The van der Waals surface area contributed by atoms with E-state index in [2.05, 4.69) is 31.2 Å². The van der Waals surface area contributed by atoms with E-state index < -0.39 is 15.9 Å². The van der Waals surface area contributed by atoms with Crippen LogP contribution in [-0.2, 0) is 10.0 Å². The smallest absolute Gasteiger partial charge is 0.321 e. The van der Waals surface area contributed by atoms with Crippen molar-refractivity contribution < 1.29 is 17.9 Å². The zero-order valence-corrected chi connectivity index (χ0v) is 18.9. The first-order valence-corrected chi connectivity index (χ1v) is 11.0. The molecule has 0 saturated carbocycles. The molecule has 1 heterocycles. The summed E-state index contributed by atoms with van der Waals surface area (Å²) in [7, 11) is -0.837. The Bertz CT molecular complexity index is 1180. The molecule has 0 unspecified atom stereocenters. The lowest BCUT2D eigenvalue weighted by atomic mass is 10.1. The fourth-order valence-electron chi connectivity index (χ4n) is 2.52. The standard InChI is InChI=1S/C20H19BrN4O4S/c1-13-11-15(29-20-22-9-4-10-23-20)6-8-17(13)24-19(26)14-5-7-16(21)18(12-14)30(27,28)25(2)3/h4-12H,1-3H3,(H,24,26). The van der Waals surface area contributed by atoms with Gasteiger partial charge in [0.1, 0.15) is 5.75 Å². The molecule has 3 rings (SSSR count). The predicted molar refractivity (Wildman–Crippen MR) is 116 cm³/mol. The van der Waals surface area contributed by atoms with Crippen molar-refractivity contribution in [1.82, 2.24) is 14.3 Å². The third-order valence-corrected chi connectivity index (χ3v) is 6.96. The number of amides is 1. The van der Waals surface area contributed by atoms with Crippen molar-refractivity contribution in [2.75, 3.05) is 19.4 Å². The van der Waals surface area contributed by atoms with Gasteiger partial charge in [0.25, 0.3) is 5.91 Å². The van der Waals surface area contributed by atoms with Crippen molar-refractivity contribution in [1.29, 1.82) is 0 Å². The average Bonchev–Trinajstić information content (AvgIpc) is 2.70. The van der Waals surface area contributed by atoms with Crippen LogP contribution < -0.4 is 10.1 Å². The van der Waals surface area contributed by atoms with E-state index in [-0.39, 0.29) is 16.5 Å². The molecule has 1 N–H and O–H groups in total. The summed E-state index contributed by atoms with van der Waals surface area (Å²) < 4.78 is 32.0. The number of nitrogens with one attached hydrogen (secondary N) is 1. The van der Waals surface area contributed by atoms with Crippen LogP contribution in [0.1, 0.15) is 15.9 Å². The van der Waals surface area contributed by atoms with Crippen LogP contribution in [0.3, 0.4) is 0 Å². The number of hydrogen-bond acceptors (Lipinski definition) is 6. The quantitative estimate of drug-likeness (QED) is 0.562. The first kappa shape index (κ1) is 21.9. The highest BCUT2D eigenvalue weighted by Crippen LogP contribution is 2.27. The number of hydrogen-bond donors (Lipinski definition) is 1. The Kier molecular flexibility index (Phi) is 6.49. The number of carbonyl (C=O) groups excluding carboxylic acids is 1. The highest BCUT2D eigenvalue weighted by molar-refractivity contribution is 9.10. The van der Waals surface area contributed by atoms with Crippen LogP contribution in [0.5, 0.6) is 11.8 Å². The van der Waals surface area contributed by atoms with E-state index >= 15 is 0 Å². The molecule has 1 amide bonds. The van der Waals surface area contributed by atoms with E-state index in [0.29, 0.717) is 15.9 Å². The zero-order chi connectivity index (χ0) is 21.9. The molecule has 156 valence electrons. The predicted octanol–water partition coefficient (Wildman–Crippen LogP) is 3.84. The topological polar surface area (TPSA) is 101 Å². The van der Waals surface area contributed by atoms with Gasteiger partial charge in [-0.2, -0.15) is 0 Å². The average molecular weight is 491 g/mol. The van der Waals surface area contributed by atoms with Crippen molar-refractivity contribution >= 4 is 37.5 Å². The fourth-order valence-corrected chi connectivity index (χ4v) is 4.36. The Hall–Kier alpha value is -2.82. The van der Waals surface area contributed by atoms with Gasteiger partial charge in [-0.15, -0.1) is 0 Å². The minimum absolute atomic E-state index is 0.0171. The molecule has 3 aromatic rings. The molecule has 0 saturated heterocycles. The van der Waals surface area contributed by atoms with E-state index in [1.165, 1.54) is 26.2 Å². The van der Waals surface area contributed by atoms with Gasteiger partial charge in [-0.3, -0.25) is 4.79 Å². The number of nitrogens with zero attached hydrogens (tertiary/aromatic N) is 3. The van der Waals surface area contributed by atoms with Crippen molar-refractivity contribution in [3.05, 3.63) is 70.5 Å². The second-order valence-corrected chi connectivity index (χ2v) is 9.47. The number of aryl methyl sites for hydroxylation is 1. The number of benzene rings is 2. The number of rotatable bonds is 6. The number of aromatic nitrogens is 2. The largest absolute Gasteiger partial charge is 0.424 e. The van der Waals surface area contributed by atoms with Crippen molar-refractivity contribution in [3.8, 4) is 11.8 Å². The molecule has 0 bridgehead atoms. The van der Waals surface area contributed by atoms with E-state index in [1.807, 2.05) is 6.92 Å². The molecule has 8 nitrogen and oxygen atoms in total. The third kappa shape index (κ3) is 4.84. The maximum atomic E-state index is 12.7. The van der Waals surface area contributed by atoms with Crippen LogP contribution in [0.25, 0.3) is 0 Å². The van der Waals surface area contributed by atoms with Gasteiger partial charge in [-0.1, -0.05) is 0 Å². The van der Waals surface area contributed by atoms with Crippen molar-refractivity contribution in [2.24, 2.45) is 0 Å². The van der Waals surface area contributed by atoms with Gasteiger partial charge in [0.2, 0.25) is 10.0 Å².